The van der Waals surface area contributed by atoms with Gasteiger partial charge in [0.25, 0.3) is 0 Å². The van der Waals surface area contributed by atoms with Gasteiger partial charge in [-0.3, -0.25) is 0 Å². The van der Waals surface area contributed by atoms with Crippen molar-refractivity contribution in [1.82, 2.24) is 39.9 Å². The number of hydrogen-bond acceptors (Lipinski definition) is 6. The molecule has 0 radical (unpaired) electrons. The van der Waals surface area contributed by atoms with Gasteiger partial charge < -0.3 is 29.8 Å². The Bertz CT molecular complexity index is 7410. The van der Waals surface area contributed by atoms with Crippen molar-refractivity contribution < 1.29 is 56.1 Å². The summed E-state index contributed by atoms with van der Waals surface area (Å²) in [5.74, 6) is 19.0. The van der Waals surface area contributed by atoms with E-state index in [1.807, 2.05) is 18.2 Å². The molecule has 138 heavy (non-hydrogen) atoms. The Morgan fingerprint density at radius 2 is 0.478 bits per heavy atom. The molecule has 4 aliphatic rings. The average Bonchev–Trinajstić information content (AvgIpc) is 1.59. The molecule has 10 nitrogen and oxygen atoms in total. The van der Waals surface area contributed by atoms with E-state index in [9.17, 15) is 13.2 Å². The summed E-state index contributed by atoms with van der Waals surface area (Å²) in [6.07, 6.45) is 11.8. The first-order chi connectivity index (χ1) is 63.9. The van der Waals surface area contributed by atoms with Gasteiger partial charge in [0.05, 0.1) is 62.6 Å². The number of carbonyl (C=O) groups excluding carboxylic acids is 1. The maximum atomic E-state index is 10.5. The monoisotopic (exact) mass is 1910 g/mol. The molecular formula is C123H115F3N8Ni2O2. The Balaban J connectivity index is 0.00000163. The van der Waals surface area contributed by atoms with E-state index in [-0.39, 0.29) is 76.3 Å². The third kappa shape index (κ3) is 21.7. The molecule has 0 amide bonds. The van der Waals surface area contributed by atoms with E-state index < -0.39 is 12.1 Å². The number of benzene rings is 7. The molecule has 0 N–H and O–H groups in total. The van der Waals surface area contributed by atoms with Crippen LogP contribution in [0.25, 0.3) is 160 Å². The molecule has 17 rings (SSSR count). The molecule has 700 valence electrons. The molecule has 13 aromatic rings. The number of carboxylic acids is 1. The van der Waals surface area contributed by atoms with Crippen molar-refractivity contribution in [3.05, 3.63) is 325 Å². The summed E-state index contributed by atoms with van der Waals surface area (Å²) < 4.78 is 31.5. The van der Waals surface area contributed by atoms with Crippen LogP contribution in [-0.4, -0.2) is 32.1 Å². The number of rotatable bonds is 7. The predicted octanol–water partition coefficient (Wildman–Crippen LogP) is 28.8. The van der Waals surface area contributed by atoms with Crippen LogP contribution in [0.2, 0.25) is 0 Å². The van der Waals surface area contributed by atoms with Gasteiger partial charge in [0.1, 0.15) is 5.97 Å². The molecule has 0 fully saturated rings. The first-order valence-corrected chi connectivity index (χ1v) is 46.5. The van der Waals surface area contributed by atoms with Crippen LogP contribution in [0.1, 0.15) is 273 Å². The molecule has 0 saturated carbocycles. The fourth-order valence-electron chi connectivity index (χ4n) is 17.1. The number of hydrogen-bond donors (Lipinski definition) is 0. The van der Waals surface area contributed by atoms with Crippen molar-refractivity contribution in [2.45, 2.75) is 216 Å². The van der Waals surface area contributed by atoms with Crippen LogP contribution in [0, 0.1) is 41.4 Å². The molecule has 0 aliphatic carbocycles. The first kappa shape index (κ1) is 100. The van der Waals surface area contributed by atoms with Crippen LogP contribution in [0.5, 0.6) is 0 Å². The zero-order chi connectivity index (χ0) is 97.5. The summed E-state index contributed by atoms with van der Waals surface area (Å²) in [6, 6.07) is 76.4. The van der Waals surface area contributed by atoms with Gasteiger partial charge in [-0.15, -0.1) is 44.1 Å². The van der Waals surface area contributed by atoms with Crippen LogP contribution in [0.4, 0.5) is 13.2 Å². The van der Waals surface area contributed by atoms with Crippen LogP contribution in [-0.2, 0) is 81.1 Å². The SMILES string of the molecule is CC(C)(C)c1cc(-c2c3nc(c(-c4ccccc4)c4ccc([n-]4)c(-c4cc(C(C)(C)C)cc(C(C)(C)C)c4)c4nc(c(C#CC#C[C+](C#Cc5c6nc(c(-c7cc(C(C)(C)C)cc(C(C)(C)C)c7)c7ccc([n-]7)c(-c7ccccc7)c7nc(c(-c8cc(C(C)(C)C)cc(C(C)(C)C)c8)c8ccc5[n-]8)C=C7)C=C6)c5ccccc5)c5ccc2[n-]5)C=C4)C=C3)cc(C(C)(C)C)c1.O=C([O-])C(F)(F)F.[Ni+2].[Ni+2]. The molecule has 0 unspecified atom stereocenters. The molecule has 15 heteroatoms. The third-order valence-electron chi connectivity index (χ3n) is 25.2. The second kappa shape index (κ2) is 38.1. The topological polar surface area (TPSA) is 148 Å². The van der Waals surface area contributed by atoms with E-state index in [2.05, 4.69) is 444 Å². The number of aromatic nitrogens is 8. The Morgan fingerprint density at radius 3 is 0.725 bits per heavy atom. The van der Waals surface area contributed by atoms with Crippen LogP contribution >= 0.6 is 0 Å². The summed E-state index contributed by atoms with van der Waals surface area (Å²) >= 11 is 0. The maximum absolute atomic E-state index is 10.5. The number of alkyl halides is 3. The van der Waals surface area contributed by atoms with Crippen molar-refractivity contribution in [3.8, 4) is 102 Å². The fraction of sp³-hybridized carbons (Fsp3) is 0.268. The maximum Gasteiger partial charge on any atom is 2.00 e. The van der Waals surface area contributed by atoms with Crippen LogP contribution in [0.3, 0.4) is 0 Å². The fourth-order valence-corrected chi connectivity index (χ4v) is 17.1. The van der Waals surface area contributed by atoms with Gasteiger partial charge in [0.15, 0.2) is 5.92 Å². The largest absolute Gasteiger partial charge is 2.00 e. The van der Waals surface area contributed by atoms with Gasteiger partial charge in [0.2, 0.25) is 0 Å². The molecule has 10 heterocycles. The smallest absolute Gasteiger partial charge is 0.657 e. The van der Waals surface area contributed by atoms with E-state index in [0.29, 0.717) is 39.5 Å². The van der Waals surface area contributed by atoms with Crippen LogP contribution < -0.4 is 25.0 Å². The van der Waals surface area contributed by atoms with Gasteiger partial charge >= 0.3 is 39.2 Å². The standard InChI is InChI=1S/C121H115N8.C2HF3O2.2Ni/c1-114(2,3)82-62-78(63-83(70-82)115(4,5)6)110-100-50-46-92(122-100)90(93-47-51-101(123-93)111(79-64-84(116(7,8)9)71-85(65-79)117(10,11)12)105-59-55-97(127-105)108(76-39-30-26-31-40-76)96-54-58-104(110)126-96)43-35-34-38-75(74-36-28-25-29-37-74)44-45-91-94-48-52-102(124-94)112(80-66-86(118(13,14)15)72-87(67-80)119(16,17)18)106-60-56-98(128-106)109(77-41-32-27-33-42-77)99-57-61-107(129-99)113(103-53-49-95(91)125-103)81-68-88(120(19,20)21)73-89(69-81)121(22,23)24;3-2(4,5)1(6)7;;/h25-33,36-37,39-42,46-73H,1-24H3;(H,6,7);;/q-3;;2*+2/p-1. The molecule has 0 saturated heterocycles. The summed E-state index contributed by atoms with van der Waals surface area (Å²) in [7, 11) is 0. The number of aliphatic carboxylic acids is 1. The number of halogens is 3. The van der Waals surface area contributed by atoms with Crippen molar-refractivity contribution >= 4 is 98.7 Å². The summed E-state index contributed by atoms with van der Waals surface area (Å²) in [6.45, 7) is 54.8. The molecular weight excluding hydrogens is 1800 g/mol. The quantitative estimate of drug-likeness (QED) is 0.0858. The third-order valence-corrected chi connectivity index (χ3v) is 25.2. The van der Waals surface area contributed by atoms with Gasteiger partial charge in [0, 0.05) is 41.4 Å². The Morgan fingerprint density at radius 1 is 0.268 bits per heavy atom. The van der Waals surface area contributed by atoms with Gasteiger partial charge in [-0.2, -0.15) is 13.2 Å². The number of carboxylic acid groups (broad SMARTS) is 1. The van der Waals surface area contributed by atoms with E-state index in [4.69, 9.17) is 49.8 Å². The molecule has 4 aliphatic heterocycles. The number of fused-ring (bicyclic) bond motifs is 16. The Kier molecular flexibility index (Phi) is 27.8. The average molecular weight is 1910 g/mol. The van der Waals surface area contributed by atoms with E-state index in [1.54, 1.807) is 0 Å². The van der Waals surface area contributed by atoms with E-state index in [0.717, 1.165) is 140 Å². The normalized spacial score (nSPS) is 12.7. The summed E-state index contributed by atoms with van der Waals surface area (Å²) in [4.78, 5) is 54.6. The van der Waals surface area contributed by atoms with Crippen molar-refractivity contribution in [1.29, 1.82) is 0 Å². The second-order valence-electron chi connectivity index (χ2n) is 43.9. The van der Waals surface area contributed by atoms with Gasteiger partial charge in [-0.1, -0.05) is 348 Å². The first-order valence-electron chi connectivity index (χ1n) is 46.5. The van der Waals surface area contributed by atoms with Crippen molar-refractivity contribution in [2.75, 3.05) is 0 Å². The second-order valence-corrected chi connectivity index (χ2v) is 43.9. The summed E-state index contributed by atoms with van der Waals surface area (Å²) in [5, 5.41) is 8.78. The van der Waals surface area contributed by atoms with Crippen LogP contribution in [0.15, 0.2) is 212 Å². The molecule has 0 atom stereocenters. The molecule has 6 aromatic heterocycles. The van der Waals surface area contributed by atoms with Gasteiger partial charge in [-0.05, 0) is 227 Å². The minimum atomic E-state index is -5.19. The zero-order valence-corrected chi connectivity index (χ0v) is 85.0. The minimum Gasteiger partial charge on any atom is -0.657 e. The van der Waals surface area contributed by atoms with Crippen molar-refractivity contribution in [3.63, 3.8) is 0 Å². The zero-order valence-electron chi connectivity index (χ0n) is 83.0. The van der Waals surface area contributed by atoms with Crippen molar-refractivity contribution in [2.24, 2.45) is 0 Å². The predicted molar refractivity (Wildman–Crippen MR) is 557 cm³/mol. The Hall–Kier alpha value is -13.5. The number of nitrogens with zero attached hydrogens (tertiary/aromatic N) is 8. The Labute approximate surface area is 831 Å². The molecule has 7 aromatic carbocycles. The van der Waals surface area contributed by atoms with E-state index >= 15 is 0 Å². The minimum absolute atomic E-state index is 0. The summed E-state index contributed by atoms with van der Waals surface area (Å²) in [5.41, 5.74) is 33.7. The van der Waals surface area contributed by atoms with E-state index in [1.165, 1.54) is 44.5 Å². The van der Waals surface area contributed by atoms with Gasteiger partial charge in [-0.25, -0.2) is 19.9 Å². The number of carbonyl (C=O) groups is 1. The molecule has 16 bridgehead atoms. The molecule has 0 spiro atoms.